The van der Waals surface area contributed by atoms with Gasteiger partial charge in [-0.15, -0.1) is 0 Å². The molecule has 3 aromatic rings. The molecule has 14 heteroatoms. The molecule has 0 fully saturated rings. The standard InChI is InChI=1S/C32H42N8O6/c1-19-16-28(42)46-27-18-22(12-13-23(19)27)38-29(43)25(11-7-15-36-32(34)35)39-30(44)24(10-6-14-33)40-31(45)26(37-20(2)41)17-21-8-4-3-5-9-21/h3-5,8-9,12-13,16,18,24-26H,6-7,10-11,14-15,17,33H2,1-2H3,(H,37,41)(H,38,43)(H,39,44)(H,40,45)(H4,34,35,36)/t24-,25-,26-/m0/s1. The smallest absolute Gasteiger partial charge is 0.336 e. The minimum Gasteiger partial charge on any atom is -0.423 e. The van der Waals surface area contributed by atoms with Gasteiger partial charge in [-0.3, -0.25) is 24.2 Å². The Morgan fingerprint density at radius 3 is 2.15 bits per heavy atom. The zero-order valence-electron chi connectivity index (χ0n) is 26.0. The van der Waals surface area contributed by atoms with Gasteiger partial charge in [-0.05, 0) is 62.4 Å². The van der Waals surface area contributed by atoms with Crippen molar-refractivity contribution in [3.8, 4) is 0 Å². The summed E-state index contributed by atoms with van der Waals surface area (Å²) >= 11 is 0. The van der Waals surface area contributed by atoms with E-state index in [4.69, 9.17) is 21.6 Å². The van der Waals surface area contributed by atoms with E-state index in [1.807, 2.05) is 30.3 Å². The third-order valence-electron chi connectivity index (χ3n) is 7.10. The van der Waals surface area contributed by atoms with E-state index in [9.17, 15) is 24.0 Å². The number of amides is 4. The van der Waals surface area contributed by atoms with E-state index < -0.39 is 47.4 Å². The average molecular weight is 635 g/mol. The Labute approximate surface area is 266 Å². The number of nitrogens with one attached hydrogen (secondary N) is 4. The van der Waals surface area contributed by atoms with Crippen LogP contribution in [-0.2, 0) is 25.6 Å². The third kappa shape index (κ3) is 11.0. The maximum atomic E-state index is 13.6. The number of aliphatic imine (C=N–C) groups is 1. The Bertz CT molecular complexity index is 1600. The quantitative estimate of drug-likeness (QED) is 0.0503. The number of benzene rings is 2. The van der Waals surface area contributed by atoms with Gasteiger partial charge in [-0.25, -0.2) is 4.79 Å². The molecule has 0 spiro atoms. The number of nitrogens with two attached hydrogens (primary N) is 3. The van der Waals surface area contributed by atoms with Gasteiger partial charge in [0.15, 0.2) is 5.96 Å². The average Bonchev–Trinajstić information content (AvgIpc) is 3.00. The summed E-state index contributed by atoms with van der Waals surface area (Å²) < 4.78 is 5.29. The Morgan fingerprint density at radius 2 is 1.50 bits per heavy atom. The molecule has 46 heavy (non-hydrogen) atoms. The molecule has 0 radical (unpaired) electrons. The van der Waals surface area contributed by atoms with Crippen molar-refractivity contribution in [2.45, 2.75) is 64.1 Å². The molecule has 2 aromatic carbocycles. The van der Waals surface area contributed by atoms with Crippen molar-refractivity contribution in [1.82, 2.24) is 16.0 Å². The van der Waals surface area contributed by atoms with Crippen LogP contribution in [-0.4, -0.2) is 60.8 Å². The number of hydrogen-bond acceptors (Lipinski definition) is 8. The number of carbonyl (C=O) groups is 4. The summed E-state index contributed by atoms with van der Waals surface area (Å²) in [7, 11) is 0. The van der Waals surface area contributed by atoms with E-state index in [0.29, 0.717) is 29.5 Å². The lowest BCUT2D eigenvalue weighted by atomic mass is 10.0. The number of aryl methyl sites for hydroxylation is 1. The predicted octanol–water partition coefficient (Wildman–Crippen LogP) is 0.549. The fourth-order valence-electron chi connectivity index (χ4n) is 4.84. The predicted molar refractivity (Wildman–Crippen MR) is 176 cm³/mol. The molecule has 0 aliphatic rings. The van der Waals surface area contributed by atoms with Crippen LogP contribution < -0.4 is 44.1 Å². The van der Waals surface area contributed by atoms with Crippen molar-refractivity contribution in [2.24, 2.45) is 22.2 Å². The van der Waals surface area contributed by atoms with Crippen molar-refractivity contribution < 1.29 is 23.6 Å². The Kier molecular flexibility index (Phi) is 13.3. The highest BCUT2D eigenvalue weighted by Gasteiger charge is 2.29. The number of nitrogens with zero attached hydrogens (tertiary/aromatic N) is 1. The fourth-order valence-corrected chi connectivity index (χ4v) is 4.84. The van der Waals surface area contributed by atoms with Crippen molar-refractivity contribution in [2.75, 3.05) is 18.4 Å². The van der Waals surface area contributed by atoms with Crippen LogP contribution in [0.4, 0.5) is 5.69 Å². The van der Waals surface area contributed by atoms with Crippen LogP contribution >= 0.6 is 0 Å². The molecule has 0 bridgehead atoms. The highest BCUT2D eigenvalue weighted by atomic mass is 16.4. The molecule has 0 aliphatic carbocycles. The molecule has 0 unspecified atom stereocenters. The zero-order valence-corrected chi connectivity index (χ0v) is 26.0. The van der Waals surface area contributed by atoms with E-state index in [1.165, 1.54) is 19.1 Å². The van der Waals surface area contributed by atoms with Crippen molar-refractivity contribution >= 4 is 46.2 Å². The molecule has 0 saturated heterocycles. The molecule has 246 valence electrons. The Balaban J connectivity index is 1.80. The van der Waals surface area contributed by atoms with Gasteiger partial charge in [-0.2, -0.15) is 0 Å². The largest absolute Gasteiger partial charge is 0.423 e. The summed E-state index contributed by atoms with van der Waals surface area (Å²) in [5, 5.41) is 11.6. The van der Waals surface area contributed by atoms with Crippen molar-refractivity contribution in [3.05, 3.63) is 76.1 Å². The number of carbonyl (C=O) groups excluding carboxylic acids is 4. The van der Waals surface area contributed by atoms with Gasteiger partial charge in [-0.1, -0.05) is 30.3 Å². The SMILES string of the molecule is CC(=O)N[C@@H](Cc1ccccc1)C(=O)N[C@@H](CCCN)C(=O)N[C@@H](CCCN=C(N)N)C(=O)Nc1ccc2c(C)cc(=O)oc2c1. The van der Waals surface area contributed by atoms with Crippen molar-refractivity contribution in [1.29, 1.82) is 0 Å². The molecule has 10 N–H and O–H groups in total. The molecule has 1 aromatic heterocycles. The van der Waals surface area contributed by atoms with Crippen LogP contribution in [0.1, 0.15) is 43.7 Å². The lowest BCUT2D eigenvalue weighted by Gasteiger charge is -2.25. The van der Waals surface area contributed by atoms with Gasteiger partial charge in [0.2, 0.25) is 23.6 Å². The van der Waals surface area contributed by atoms with Crippen LogP contribution in [0.2, 0.25) is 0 Å². The molecule has 1 heterocycles. The summed E-state index contributed by atoms with van der Waals surface area (Å²) in [6.07, 6.45) is 1.32. The number of fused-ring (bicyclic) bond motifs is 1. The van der Waals surface area contributed by atoms with E-state index in [0.717, 1.165) is 11.1 Å². The number of hydrogen-bond donors (Lipinski definition) is 7. The first-order valence-electron chi connectivity index (χ1n) is 15.0. The minimum absolute atomic E-state index is 0.105. The van der Waals surface area contributed by atoms with Crippen molar-refractivity contribution in [3.63, 3.8) is 0 Å². The second kappa shape index (κ2) is 17.3. The first kappa shape index (κ1) is 35.2. The highest BCUT2D eigenvalue weighted by Crippen LogP contribution is 2.21. The number of guanidine groups is 1. The Morgan fingerprint density at radius 1 is 0.848 bits per heavy atom. The maximum Gasteiger partial charge on any atom is 0.336 e. The van der Waals surface area contributed by atoms with Crippen LogP contribution in [0, 0.1) is 6.92 Å². The molecule has 0 aliphatic heterocycles. The summed E-state index contributed by atoms with van der Waals surface area (Å²) in [6, 6.07) is 12.4. The maximum absolute atomic E-state index is 13.6. The van der Waals surface area contributed by atoms with Gasteiger partial charge in [0.25, 0.3) is 0 Å². The second-order valence-electron chi connectivity index (χ2n) is 10.9. The van der Waals surface area contributed by atoms with E-state index >= 15 is 0 Å². The van der Waals surface area contributed by atoms with Gasteiger partial charge < -0.3 is 42.9 Å². The van der Waals surface area contributed by atoms with Crippen LogP contribution in [0.25, 0.3) is 11.0 Å². The summed E-state index contributed by atoms with van der Waals surface area (Å²) in [6.45, 7) is 3.56. The van der Waals surface area contributed by atoms with Crippen LogP contribution in [0.5, 0.6) is 0 Å². The Hall–Kier alpha value is -5.24. The lowest BCUT2D eigenvalue weighted by molar-refractivity contribution is -0.133. The van der Waals surface area contributed by atoms with Gasteiger partial charge in [0, 0.05) is 43.1 Å². The first-order chi connectivity index (χ1) is 22.0. The molecular formula is C32H42N8O6. The highest BCUT2D eigenvalue weighted by molar-refractivity contribution is 6.00. The van der Waals surface area contributed by atoms with Crippen LogP contribution in [0.3, 0.4) is 0 Å². The zero-order chi connectivity index (χ0) is 33.6. The number of rotatable bonds is 16. The molecule has 4 amide bonds. The second-order valence-corrected chi connectivity index (χ2v) is 10.9. The monoisotopic (exact) mass is 634 g/mol. The molecular weight excluding hydrogens is 592 g/mol. The lowest BCUT2D eigenvalue weighted by Crippen LogP contribution is -2.56. The molecule has 3 rings (SSSR count). The summed E-state index contributed by atoms with van der Waals surface area (Å²) in [5.41, 5.74) is 18.2. The first-order valence-corrected chi connectivity index (χ1v) is 15.0. The van der Waals surface area contributed by atoms with Crippen LogP contribution in [0.15, 0.2) is 68.8 Å². The summed E-state index contributed by atoms with van der Waals surface area (Å²) in [5.74, 6) is -2.22. The van der Waals surface area contributed by atoms with Gasteiger partial charge >= 0.3 is 5.63 Å². The van der Waals surface area contributed by atoms with E-state index in [1.54, 1.807) is 19.1 Å². The van der Waals surface area contributed by atoms with E-state index in [2.05, 4.69) is 26.3 Å². The normalized spacial score (nSPS) is 12.8. The third-order valence-corrected chi connectivity index (χ3v) is 7.10. The number of anilines is 1. The molecule has 0 saturated carbocycles. The van der Waals surface area contributed by atoms with Gasteiger partial charge in [0.05, 0.1) is 0 Å². The molecule has 14 nitrogen and oxygen atoms in total. The fraction of sp³-hybridized carbons (Fsp3) is 0.375. The topological polar surface area (TPSA) is 237 Å². The minimum atomic E-state index is -1.05. The van der Waals surface area contributed by atoms with Gasteiger partial charge in [0.1, 0.15) is 23.7 Å². The molecule has 3 atom stereocenters. The summed E-state index contributed by atoms with van der Waals surface area (Å²) in [4.78, 5) is 68.2. The van der Waals surface area contributed by atoms with E-state index in [-0.39, 0.29) is 38.3 Å².